The number of amides is 4. The molecule has 1 N–H and O–H groups in total. The number of anilines is 1. The van der Waals surface area contributed by atoms with Gasteiger partial charge in [0.1, 0.15) is 17.1 Å². The van der Waals surface area contributed by atoms with E-state index in [0.717, 1.165) is 23.7 Å². The lowest BCUT2D eigenvalue weighted by Gasteiger charge is -2.26. The summed E-state index contributed by atoms with van der Waals surface area (Å²) in [5.74, 6) is -0.476. The first kappa shape index (κ1) is 20.2. The Bertz CT molecular complexity index is 945. The molecule has 29 heavy (non-hydrogen) atoms. The third kappa shape index (κ3) is 4.16. The molecule has 0 spiro atoms. The van der Waals surface area contributed by atoms with Crippen LogP contribution in [-0.2, 0) is 16.1 Å². The minimum atomic E-state index is -0.780. The Morgan fingerprint density at radius 3 is 2.55 bits per heavy atom. The standard InChI is InChI=1S/C21H23N3O5/c1-4-23(5-2)15-9-8-14(18(12-15)28-3)11-17-19(25)22-21(27)24(20(17)26)13-16-7-6-10-29-16/h6-12H,4-5,13H2,1-3H3,(H,22,25,27)/b17-11-. The molecule has 1 aromatic carbocycles. The van der Waals surface area contributed by atoms with E-state index in [9.17, 15) is 14.4 Å². The Kier molecular flexibility index (Phi) is 6.01. The number of hydrogen-bond donors (Lipinski definition) is 1. The quantitative estimate of drug-likeness (QED) is 0.571. The van der Waals surface area contributed by atoms with Crippen LogP contribution in [-0.4, -0.2) is 42.9 Å². The van der Waals surface area contributed by atoms with Gasteiger partial charge >= 0.3 is 6.03 Å². The van der Waals surface area contributed by atoms with Crippen LogP contribution >= 0.6 is 0 Å². The summed E-state index contributed by atoms with van der Waals surface area (Å²) in [5.41, 5.74) is 1.39. The molecule has 152 valence electrons. The number of benzene rings is 1. The smallest absolute Gasteiger partial charge is 0.331 e. The van der Waals surface area contributed by atoms with E-state index in [1.807, 2.05) is 12.1 Å². The van der Waals surface area contributed by atoms with Crippen molar-refractivity contribution in [2.45, 2.75) is 20.4 Å². The number of ether oxygens (including phenoxy) is 1. The number of carbonyl (C=O) groups is 3. The third-order valence-electron chi connectivity index (χ3n) is 4.73. The van der Waals surface area contributed by atoms with E-state index in [1.54, 1.807) is 18.2 Å². The lowest BCUT2D eigenvalue weighted by Crippen LogP contribution is -2.53. The van der Waals surface area contributed by atoms with Gasteiger partial charge in [0.15, 0.2) is 0 Å². The number of carbonyl (C=O) groups excluding carboxylic acids is 3. The molecule has 3 rings (SSSR count). The van der Waals surface area contributed by atoms with Crippen molar-refractivity contribution in [1.82, 2.24) is 10.2 Å². The first-order valence-corrected chi connectivity index (χ1v) is 9.32. The van der Waals surface area contributed by atoms with E-state index >= 15 is 0 Å². The topological polar surface area (TPSA) is 92.1 Å². The van der Waals surface area contributed by atoms with Crippen LogP contribution in [0.15, 0.2) is 46.6 Å². The lowest BCUT2D eigenvalue weighted by molar-refractivity contribution is -0.130. The fourth-order valence-electron chi connectivity index (χ4n) is 3.16. The van der Waals surface area contributed by atoms with E-state index in [4.69, 9.17) is 9.15 Å². The van der Waals surface area contributed by atoms with E-state index < -0.39 is 17.8 Å². The molecular formula is C21H23N3O5. The monoisotopic (exact) mass is 397 g/mol. The molecule has 0 aliphatic carbocycles. The molecule has 8 nitrogen and oxygen atoms in total. The molecule has 1 fully saturated rings. The molecule has 8 heteroatoms. The number of nitrogens with zero attached hydrogens (tertiary/aromatic N) is 2. The SMILES string of the molecule is CCN(CC)c1ccc(/C=C2/C(=O)NC(=O)N(Cc3ccco3)C2=O)c(OC)c1. The summed E-state index contributed by atoms with van der Waals surface area (Å²) < 4.78 is 10.7. The Morgan fingerprint density at radius 1 is 1.17 bits per heavy atom. The summed E-state index contributed by atoms with van der Waals surface area (Å²) in [4.78, 5) is 40.4. The van der Waals surface area contributed by atoms with Crippen molar-refractivity contribution in [1.29, 1.82) is 0 Å². The highest BCUT2D eigenvalue weighted by atomic mass is 16.5. The molecule has 1 aliphatic heterocycles. The Hall–Kier alpha value is -3.55. The highest BCUT2D eigenvalue weighted by molar-refractivity contribution is 6.31. The molecule has 1 aromatic heterocycles. The van der Waals surface area contributed by atoms with Crippen molar-refractivity contribution in [3.05, 3.63) is 53.5 Å². The van der Waals surface area contributed by atoms with Gasteiger partial charge in [0.25, 0.3) is 11.8 Å². The van der Waals surface area contributed by atoms with Gasteiger partial charge in [0.05, 0.1) is 19.9 Å². The van der Waals surface area contributed by atoms with Crippen molar-refractivity contribution in [3.63, 3.8) is 0 Å². The van der Waals surface area contributed by atoms with Gasteiger partial charge in [-0.25, -0.2) is 4.79 Å². The maximum absolute atomic E-state index is 12.8. The number of methoxy groups -OCH3 is 1. The zero-order valence-corrected chi connectivity index (χ0v) is 16.6. The molecule has 0 bridgehead atoms. The summed E-state index contributed by atoms with van der Waals surface area (Å²) in [6.45, 7) is 5.72. The molecule has 0 radical (unpaired) electrons. The molecular weight excluding hydrogens is 374 g/mol. The average Bonchev–Trinajstić information content (AvgIpc) is 3.23. The van der Waals surface area contributed by atoms with Gasteiger partial charge < -0.3 is 14.1 Å². The zero-order valence-electron chi connectivity index (χ0n) is 16.6. The summed E-state index contributed by atoms with van der Waals surface area (Å²) in [6.07, 6.45) is 2.88. The molecule has 0 atom stereocenters. The summed E-state index contributed by atoms with van der Waals surface area (Å²) in [6, 6.07) is 8.07. The first-order valence-electron chi connectivity index (χ1n) is 9.32. The second-order valence-corrected chi connectivity index (χ2v) is 6.39. The second kappa shape index (κ2) is 8.64. The predicted molar refractivity (Wildman–Crippen MR) is 107 cm³/mol. The zero-order chi connectivity index (χ0) is 21.0. The number of imide groups is 2. The van der Waals surface area contributed by atoms with Gasteiger partial charge in [0, 0.05) is 30.4 Å². The van der Waals surface area contributed by atoms with E-state index in [-0.39, 0.29) is 12.1 Å². The summed E-state index contributed by atoms with van der Waals surface area (Å²) >= 11 is 0. The maximum atomic E-state index is 12.8. The van der Waals surface area contributed by atoms with Gasteiger partial charge in [-0.15, -0.1) is 0 Å². The minimum Gasteiger partial charge on any atom is -0.496 e. The molecule has 0 unspecified atom stereocenters. The van der Waals surface area contributed by atoms with E-state index in [1.165, 1.54) is 19.4 Å². The van der Waals surface area contributed by atoms with Crippen LogP contribution in [0.1, 0.15) is 25.2 Å². The van der Waals surface area contributed by atoms with Crippen molar-refractivity contribution < 1.29 is 23.5 Å². The largest absolute Gasteiger partial charge is 0.496 e. The number of barbiturate groups is 1. The number of furan rings is 1. The first-order chi connectivity index (χ1) is 14.0. The lowest BCUT2D eigenvalue weighted by atomic mass is 10.1. The van der Waals surface area contributed by atoms with Crippen LogP contribution in [0.25, 0.3) is 6.08 Å². The van der Waals surface area contributed by atoms with Crippen molar-refractivity contribution in [2.24, 2.45) is 0 Å². The fourth-order valence-corrected chi connectivity index (χ4v) is 3.16. The number of hydrogen-bond acceptors (Lipinski definition) is 6. The van der Waals surface area contributed by atoms with Gasteiger partial charge in [-0.1, -0.05) is 0 Å². The molecule has 4 amide bonds. The average molecular weight is 397 g/mol. The van der Waals surface area contributed by atoms with Gasteiger partial charge in [-0.3, -0.25) is 19.8 Å². The minimum absolute atomic E-state index is 0.0691. The van der Waals surface area contributed by atoms with Crippen LogP contribution in [0.2, 0.25) is 0 Å². The summed E-state index contributed by atoms with van der Waals surface area (Å²) in [7, 11) is 1.53. The van der Waals surface area contributed by atoms with Crippen LogP contribution in [0, 0.1) is 0 Å². The molecule has 2 aromatic rings. The van der Waals surface area contributed by atoms with Crippen LogP contribution in [0.4, 0.5) is 10.5 Å². The predicted octanol–water partition coefficient (Wildman–Crippen LogP) is 2.80. The van der Waals surface area contributed by atoms with Gasteiger partial charge in [-0.2, -0.15) is 0 Å². The number of rotatable bonds is 7. The van der Waals surface area contributed by atoms with Crippen LogP contribution in [0.5, 0.6) is 5.75 Å². The Morgan fingerprint density at radius 2 is 1.93 bits per heavy atom. The molecule has 1 saturated heterocycles. The van der Waals surface area contributed by atoms with E-state index in [0.29, 0.717) is 17.1 Å². The number of nitrogens with one attached hydrogen (secondary N) is 1. The molecule has 2 heterocycles. The Balaban J connectivity index is 1.94. The van der Waals surface area contributed by atoms with Gasteiger partial charge in [-0.05, 0) is 44.2 Å². The van der Waals surface area contributed by atoms with E-state index in [2.05, 4.69) is 24.1 Å². The maximum Gasteiger partial charge on any atom is 0.331 e. The normalized spacial score (nSPS) is 15.6. The number of urea groups is 1. The third-order valence-corrected chi connectivity index (χ3v) is 4.73. The van der Waals surface area contributed by atoms with Crippen molar-refractivity contribution in [2.75, 3.05) is 25.1 Å². The van der Waals surface area contributed by atoms with Crippen molar-refractivity contribution >= 4 is 29.6 Å². The van der Waals surface area contributed by atoms with Gasteiger partial charge in [0.2, 0.25) is 0 Å². The van der Waals surface area contributed by atoms with Crippen molar-refractivity contribution in [3.8, 4) is 5.75 Å². The molecule has 1 aliphatic rings. The summed E-state index contributed by atoms with van der Waals surface area (Å²) in [5, 5.41) is 2.20. The highest BCUT2D eigenvalue weighted by Gasteiger charge is 2.36. The molecule has 0 saturated carbocycles. The highest BCUT2D eigenvalue weighted by Crippen LogP contribution is 2.28. The van der Waals surface area contributed by atoms with Crippen LogP contribution in [0.3, 0.4) is 0 Å². The van der Waals surface area contributed by atoms with Crippen LogP contribution < -0.4 is 15.0 Å². The fraction of sp³-hybridized carbons (Fsp3) is 0.286. The second-order valence-electron chi connectivity index (χ2n) is 6.39. The Labute approximate surface area is 168 Å².